The van der Waals surface area contributed by atoms with Gasteiger partial charge in [-0.3, -0.25) is 9.59 Å². The van der Waals surface area contributed by atoms with Crippen molar-refractivity contribution in [3.63, 3.8) is 0 Å². The van der Waals surface area contributed by atoms with E-state index < -0.39 is 6.61 Å². The van der Waals surface area contributed by atoms with Crippen LogP contribution in [0, 0.1) is 3.57 Å². The summed E-state index contributed by atoms with van der Waals surface area (Å²) in [6, 6.07) is 13.2. The quantitative estimate of drug-likeness (QED) is 0.623. The average molecular weight is 486 g/mol. The summed E-state index contributed by atoms with van der Waals surface area (Å²) in [5.74, 6) is -0.609. The van der Waals surface area contributed by atoms with Crippen molar-refractivity contribution in [3.8, 4) is 5.75 Å². The molecule has 0 atom stereocenters. The van der Waals surface area contributed by atoms with Crippen molar-refractivity contribution in [2.45, 2.75) is 6.61 Å². The molecule has 1 heterocycles. The fraction of sp³-hybridized carbons (Fsp3) is 0.263. The number of amides is 2. The van der Waals surface area contributed by atoms with E-state index in [9.17, 15) is 18.4 Å². The van der Waals surface area contributed by atoms with Crippen LogP contribution in [0.5, 0.6) is 5.75 Å². The zero-order valence-corrected chi connectivity index (χ0v) is 16.4. The molecule has 0 saturated carbocycles. The fourth-order valence-corrected chi connectivity index (χ4v) is 3.26. The summed E-state index contributed by atoms with van der Waals surface area (Å²) in [5.41, 5.74) is 0.695. The Morgan fingerprint density at radius 3 is 2.04 bits per heavy atom. The molecular weight excluding hydrogens is 469 g/mol. The van der Waals surface area contributed by atoms with E-state index >= 15 is 0 Å². The van der Waals surface area contributed by atoms with E-state index in [-0.39, 0.29) is 23.1 Å². The van der Waals surface area contributed by atoms with Crippen LogP contribution in [0.1, 0.15) is 20.7 Å². The van der Waals surface area contributed by atoms with Gasteiger partial charge in [0.15, 0.2) is 0 Å². The Kier molecular flexibility index (Phi) is 6.25. The topological polar surface area (TPSA) is 49.9 Å². The molecule has 0 N–H and O–H groups in total. The molecule has 1 fully saturated rings. The lowest BCUT2D eigenvalue weighted by molar-refractivity contribution is -0.0503. The third kappa shape index (κ3) is 4.74. The first-order valence-electron chi connectivity index (χ1n) is 8.33. The molecule has 0 radical (unpaired) electrons. The van der Waals surface area contributed by atoms with Crippen LogP contribution in [-0.2, 0) is 0 Å². The number of hydrogen-bond donors (Lipinski definition) is 0. The minimum Gasteiger partial charge on any atom is -0.434 e. The summed E-state index contributed by atoms with van der Waals surface area (Å²) in [6.45, 7) is -1.57. The van der Waals surface area contributed by atoms with E-state index in [4.69, 9.17) is 0 Å². The normalized spacial score (nSPS) is 14.4. The highest BCUT2D eigenvalue weighted by Crippen LogP contribution is 2.23. The molecule has 8 heteroatoms. The van der Waals surface area contributed by atoms with Gasteiger partial charge in [-0.25, -0.2) is 0 Å². The van der Waals surface area contributed by atoms with Crippen molar-refractivity contribution < 1.29 is 23.1 Å². The lowest BCUT2D eigenvalue weighted by Crippen LogP contribution is -2.50. The lowest BCUT2D eigenvalue weighted by Gasteiger charge is -2.35. The number of piperazine rings is 1. The largest absolute Gasteiger partial charge is 0.434 e. The number of carbonyl (C=O) groups excluding carboxylic acids is 2. The molecule has 0 spiro atoms. The minimum atomic E-state index is -3.00. The smallest absolute Gasteiger partial charge is 0.387 e. The van der Waals surface area contributed by atoms with Gasteiger partial charge in [0, 0.05) is 35.3 Å². The molecule has 2 aromatic carbocycles. The maximum Gasteiger partial charge on any atom is 0.387 e. The Bertz CT molecular complexity index is 822. The summed E-state index contributed by atoms with van der Waals surface area (Å²) in [6.07, 6.45) is 0. The minimum absolute atomic E-state index is 0.0834. The van der Waals surface area contributed by atoms with Gasteiger partial charge in [0.2, 0.25) is 0 Å². The van der Waals surface area contributed by atoms with Gasteiger partial charge < -0.3 is 14.5 Å². The second kappa shape index (κ2) is 8.64. The van der Waals surface area contributed by atoms with Crippen LogP contribution in [0.25, 0.3) is 0 Å². The highest BCUT2D eigenvalue weighted by molar-refractivity contribution is 14.1. The van der Waals surface area contributed by atoms with Gasteiger partial charge in [-0.05, 0) is 59.0 Å². The highest BCUT2D eigenvalue weighted by Gasteiger charge is 2.27. The summed E-state index contributed by atoms with van der Waals surface area (Å²) in [7, 11) is 0. The maximum atomic E-state index is 12.7. The first-order valence-corrected chi connectivity index (χ1v) is 9.41. The van der Waals surface area contributed by atoms with Gasteiger partial charge in [0.05, 0.1) is 5.56 Å². The monoisotopic (exact) mass is 486 g/mol. The molecule has 0 aromatic heterocycles. The molecule has 27 heavy (non-hydrogen) atoms. The van der Waals surface area contributed by atoms with E-state index in [1.807, 2.05) is 12.1 Å². The van der Waals surface area contributed by atoms with Crippen molar-refractivity contribution in [2.75, 3.05) is 26.2 Å². The standard InChI is InChI=1S/C19H17F2IN2O3/c20-19(21)27-16-4-2-1-3-15(16)18(26)24-11-9-23(10-12-24)17(25)13-5-7-14(22)8-6-13/h1-8,19H,9-12H2. The number of hydrogen-bond acceptors (Lipinski definition) is 3. The molecule has 0 bridgehead atoms. The zero-order chi connectivity index (χ0) is 19.4. The van der Waals surface area contributed by atoms with Crippen molar-refractivity contribution >= 4 is 34.4 Å². The van der Waals surface area contributed by atoms with E-state index in [0.29, 0.717) is 31.7 Å². The molecule has 5 nitrogen and oxygen atoms in total. The first kappa shape index (κ1) is 19.5. The summed E-state index contributed by atoms with van der Waals surface area (Å²) in [5, 5.41) is 0. The van der Waals surface area contributed by atoms with Crippen molar-refractivity contribution in [3.05, 3.63) is 63.2 Å². The Morgan fingerprint density at radius 2 is 1.44 bits per heavy atom. The van der Waals surface area contributed by atoms with Crippen LogP contribution in [0.2, 0.25) is 0 Å². The van der Waals surface area contributed by atoms with Gasteiger partial charge in [-0.15, -0.1) is 0 Å². The Labute approximate surface area is 169 Å². The molecule has 2 aromatic rings. The number of ether oxygens (including phenoxy) is 1. The number of para-hydroxylation sites is 1. The zero-order valence-electron chi connectivity index (χ0n) is 14.3. The van der Waals surface area contributed by atoms with Crippen LogP contribution in [0.4, 0.5) is 8.78 Å². The molecule has 1 saturated heterocycles. The SMILES string of the molecule is O=C(c1ccc(I)cc1)N1CCN(C(=O)c2ccccc2OC(F)F)CC1. The number of nitrogens with zero attached hydrogens (tertiary/aromatic N) is 2. The molecule has 1 aliphatic rings. The summed E-state index contributed by atoms with van der Waals surface area (Å²) < 4.78 is 30.6. The van der Waals surface area contributed by atoms with E-state index in [1.165, 1.54) is 18.2 Å². The molecule has 3 rings (SSSR count). The molecule has 0 aliphatic carbocycles. The number of alkyl halides is 2. The Morgan fingerprint density at radius 1 is 0.889 bits per heavy atom. The summed E-state index contributed by atoms with van der Waals surface area (Å²) >= 11 is 2.17. The molecule has 142 valence electrons. The third-order valence-corrected chi connectivity index (χ3v) is 5.00. The van der Waals surface area contributed by atoms with Gasteiger partial charge in [0.1, 0.15) is 5.75 Å². The molecule has 1 aliphatic heterocycles. The van der Waals surface area contributed by atoms with Crippen LogP contribution >= 0.6 is 22.6 Å². The van der Waals surface area contributed by atoms with E-state index in [2.05, 4.69) is 27.3 Å². The fourth-order valence-electron chi connectivity index (χ4n) is 2.90. The number of halogens is 3. The van der Waals surface area contributed by atoms with Gasteiger partial charge in [-0.2, -0.15) is 8.78 Å². The van der Waals surface area contributed by atoms with Crippen LogP contribution in [0.15, 0.2) is 48.5 Å². The van der Waals surface area contributed by atoms with Crippen molar-refractivity contribution in [1.82, 2.24) is 9.80 Å². The molecule has 2 amide bonds. The second-order valence-electron chi connectivity index (χ2n) is 5.97. The van der Waals surface area contributed by atoms with Crippen LogP contribution in [-0.4, -0.2) is 54.4 Å². The second-order valence-corrected chi connectivity index (χ2v) is 7.21. The van der Waals surface area contributed by atoms with Crippen LogP contribution in [0.3, 0.4) is 0 Å². The predicted octanol–water partition coefficient (Wildman–Crippen LogP) is 3.49. The average Bonchev–Trinajstić information content (AvgIpc) is 2.68. The Hall–Kier alpha value is -2.23. The summed E-state index contributed by atoms with van der Waals surface area (Å²) in [4.78, 5) is 28.5. The molecule has 0 unspecified atom stereocenters. The Balaban J connectivity index is 1.64. The van der Waals surface area contributed by atoms with Gasteiger partial charge in [-0.1, -0.05) is 12.1 Å². The molecular formula is C19H17F2IN2O3. The number of benzene rings is 2. The van der Waals surface area contributed by atoms with Gasteiger partial charge >= 0.3 is 6.61 Å². The predicted molar refractivity (Wildman–Crippen MR) is 104 cm³/mol. The lowest BCUT2D eigenvalue weighted by atomic mass is 10.1. The van der Waals surface area contributed by atoms with Crippen molar-refractivity contribution in [1.29, 1.82) is 0 Å². The van der Waals surface area contributed by atoms with E-state index in [1.54, 1.807) is 28.0 Å². The number of rotatable bonds is 4. The van der Waals surface area contributed by atoms with Crippen molar-refractivity contribution in [2.24, 2.45) is 0 Å². The van der Waals surface area contributed by atoms with Gasteiger partial charge in [0.25, 0.3) is 11.8 Å². The van der Waals surface area contributed by atoms with Crippen LogP contribution < -0.4 is 4.74 Å². The number of carbonyl (C=O) groups is 2. The third-order valence-electron chi connectivity index (χ3n) is 4.28. The first-order chi connectivity index (χ1) is 13.0. The van der Waals surface area contributed by atoms with E-state index in [0.717, 1.165) is 3.57 Å². The maximum absolute atomic E-state index is 12.7. The highest BCUT2D eigenvalue weighted by atomic mass is 127.